The smallest absolute Gasteiger partial charge is 0.152 e. The Labute approximate surface area is 99.3 Å². The molecule has 0 bridgehead atoms. The second-order valence-electron chi connectivity index (χ2n) is 4.67. The van der Waals surface area contributed by atoms with Gasteiger partial charge in [-0.1, -0.05) is 20.3 Å². The maximum Gasteiger partial charge on any atom is 0.152 e. The Morgan fingerprint density at radius 2 is 1.60 bits per heavy atom. The van der Waals surface area contributed by atoms with Crippen molar-refractivity contribution in [2.24, 2.45) is 5.92 Å². The topological polar surface area (TPSA) is 34.1 Å². The molecule has 0 heterocycles. The second kappa shape index (κ2) is 6.74. The van der Waals surface area contributed by atoms with Gasteiger partial charge in [0.25, 0.3) is 0 Å². The summed E-state index contributed by atoms with van der Waals surface area (Å²) in [6.45, 7) is 7.63. The van der Waals surface area contributed by atoms with E-state index < -0.39 is 9.84 Å². The molecule has 0 aliphatic rings. The first kappa shape index (κ1) is 15.2. The Morgan fingerprint density at radius 3 is 2.00 bits per heavy atom. The Hall–Kier alpha value is 0.240. The molecule has 0 aromatic heterocycles. The summed E-state index contributed by atoms with van der Waals surface area (Å²) < 4.78 is 23.0. The minimum Gasteiger partial charge on any atom is -0.229 e. The lowest BCUT2D eigenvalue weighted by atomic mass is 10.1. The summed E-state index contributed by atoms with van der Waals surface area (Å²) in [6.07, 6.45) is 2.54. The molecule has 0 radical (unpaired) electrons. The standard InChI is InChI=1S/C11H23ClO2S/c1-9(2)11(12)7-5-6-8-15(13,14)10(3)4/h9-11H,5-8H2,1-4H3. The van der Waals surface area contributed by atoms with Crippen LogP contribution in [0.4, 0.5) is 0 Å². The van der Waals surface area contributed by atoms with E-state index in [2.05, 4.69) is 13.8 Å². The molecular formula is C11H23ClO2S. The molecule has 0 amide bonds. The molecule has 15 heavy (non-hydrogen) atoms. The van der Waals surface area contributed by atoms with Gasteiger partial charge in [-0.05, 0) is 32.6 Å². The van der Waals surface area contributed by atoms with Crippen LogP contribution in [0.15, 0.2) is 0 Å². The molecule has 0 rings (SSSR count). The highest BCUT2D eigenvalue weighted by Crippen LogP contribution is 2.17. The van der Waals surface area contributed by atoms with Crippen LogP contribution < -0.4 is 0 Å². The molecule has 0 aromatic carbocycles. The molecule has 1 atom stereocenters. The van der Waals surface area contributed by atoms with E-state index in [0.29, 0.717) is 11.7 Å². The zero-order valence-electron chi connectivity index (χ0n) is 10.2. The highest BCUT2D eigenvalue weighted by atomic mass is 35.5. The highest BCUT2D eigenvalue weighted by molar-refractivity contribution is 7.91. The lowest BCUT2D eigenvalue weighted by Crippen LogP contribution is -2.18. The molecule has 0 saturated heterocycles. The molecule has 2 nitrogen and oxygen atoms in total. The zero-order chi connectivity index (χ0) is 12.1. The van der Waals surface area contributed by atoms with E-state index in [1.807, 2.05) is 0 Å². The third kappa shape index (κ3) is 6.41. The van der Waals surface area contributed by atoms with E-state index in [4.69, 9.17) is 11.6 Å². The fraction of sp³-hybridized carbons (Fsp3) is 1.00. The van der Waals surface area contributed by atoms with Crippen molar-refractivity contribution < 1.29 is 8.42 Å². The van der Waals surface area contributed by atoms with Crippen LogP contribution in [0.2, 0.25) is 0 Å². The van der Waals surface area contributed by atoms with Crippen molar-refractivity contribution in [1.29, 1.82) is 0 Å². The lowest BCUT2D eigenvalue weighted by Gasteiger charge is -2.13. The van der Waals surface area contributed by atoms with Gasteiger partial charge in [0.2, 0.25) is 0 Å². The van der Waals surface area contributed by atoms with E-state index in [9.17, 15) is 8.42 Å². The monoisotopic (exact) mass is 254 g/mol. The van der Waals surface area contributed by atoms with Crippen LogP contribution in [0.5, 0.6) is 0 Å². The van der Waals surface area contributed by atoms with Gasteiger partial charge in [-0.15, -0.1) is 11.6 Å². The van der Waals surface area contributed by atoms with E-state index in [1.54, 1.807) is 13.8 Å². The molecule has 1 unspecified atom stereocenters. The number of halogens is 1. The predicted molar refractivity (Wildman–Crippen MR) is 67.3 cm³/mol. The van der Waals surface area contributed by atoms with Gasteiger partial charge in [0, 0.05) is 5.38 Å². The van der Waals surface area contributed by atoms with Crippen molar-refractivity contribution in [3.63, 3.8) is 0 Å². The average molecular weight is 255 g/mol. The van der Waals surface area contributed by atoms with Crippen LogP contribution in [0, 0.1) is 5.92 Å². The fourth-order valence-electron chi connectivity index (χ4n) is 1.21. The lowest BCUT2D eigenvalue weighted by molar-refractivity contribution is 0.539. The van der Waals surface area contributed by atoms with Gasteiger partial charge in [-0.2, -0.15) is 0 Å². The molecular weight excluding hydrogens is 232 g/mol. The quantitative estimate of drug-likeness (QED) is 0.516. The Morgan fingerprint density at radius 1 is 1.07 bits per heavy atom. The van der Waals surface area contributed by atoms with E-state index in [1.165, 1.54) is 0 Å². The summed E-state index contributed by atoms with van der Waals surface area (Å²) in [5.41, 5.74) is 0. The Bertz CT molecular complexity index is 258. The van der Waals surface area contributed by atoms with Crippen LogP contribution in [-0.4, -0.2) is 24.8 Å². The normalized spacial score (nSPS) is 14.9. The maximum atomic E-state index is 11.5. The Balaban J connectivity index is 3.73. The molecule has 4 heteroatoms. The summed E-state index contributed by atoms with van der Waals surface area (Å²) in [7, 11) is -2.86. The van der Waals surface area contributed by atoms with Crippen molar-refractivity contribution in [2.75, 3.05) is 5.75 Å². The van der Waals surface area contributed by atoms with Gasteiger partial charge in [0.15, 0.2) is 9.84 Å². The van der Waals surface area contributed by atoms with Crippen LogP contribution in [0.3, 0.4) is 0 Å². The van der Waals surface area contributed by atoms with E-state index >= 15 is 0 Å². The van der Waals surface area contributed by atoms with Gasteiger partial charge in [-0.3, -0.25) is 0 Å². The van der Waals surface area contributed by atoms with Crippen molar-refractivity contribution >= 4 is 21.4 Å². The van der Waals surface area contributed by atoms with Gasteiger partial charge in [0.05, 0.1) is 11.0 Å². The van der Waals surface area contributed by atoms with Gasteiger partial charge in [-0.25, -0.2) is 8.42 Å². The van der Waals surface area contributed by atoms with Crippen LogP contribution in [0.25, 0.3) is 0 Å². The molecule has 0 aromatic rings. The van der Waals surface area contributed by atoms with Crippen molar-refractivity contribution in [3.8, 4) is 0 Å². The number of hydrogen-bond acceptors (Lipinski definition) is 2. The molecule has 0 aliphatic carbocycles. The number of unbranched alkanes of at least 4 members (excludes halogenated alkanes) is 1. The third-order valence-corrected chi connectivity index (χ3v) is 5.62. The largest absolute Gasteiger partial charge is 0.229 e. The molecule has 0 aliphatic heterocycles. The molecule has 0 saturated carbocycles. The second-order valence-corrected chi connectivity index (χ2v) is 7.91. The summed E-state index contributed by atoms with van der Waals surface area (Å²) in [6, 6.07) is 0. The van der Waals surface area contributed by atoms with Crippen LogP contribution in [0.1, 0.15) is 47.0 Å². The summed E-state index contributed by atoms with van der Waals surface area (Å²) in [5.74, 6) is 0.764. The average Bonchev–Trinajstić information content (AvgIpc) is 2.11. The van der Waals surface area contributed by atoms with E-state index in [0.717, 1.165) is 19.3 Å². The third-order valence-electron chi connectivity index (χ3n) is 2.60. The molecule has 0 spiro atoms. The van der Waals surface area contributed by atoms with Crippen molar-refractivity contribution in [2.45, 2.75) is 57.6 Å². The van der Waals surface area contributed by atoms with Crippen LogP contribution in [-0.2, 0) is 9.84 Å². The maximum absolute atomic E-state index is 11.5. The van der Waals surface area contributed by atoms with Gasteiger partial charge >= 0.3 is 0 Å². The van der Waals surface area contributed by atoms with Gasteiger partial charge in [0.1, 0.15) is 0 Å². The number of hydrogen-bond donors (Lipinski definition) is 0. The summed E-state index contributed by atoms with van der Waals surface area (Å²) in [5, 5.41) is -0.0823. The molecule has 0 N–H and O–H groups in total. The minimum absolute atomic E-state index is 0.173. The first-order valence-corrected chi connectivity index (χ1v) is 7.78. The number of alkyl halides is 1. The fourth-order valence-corrected chi connectivity index (χ4v) is 2.44. The summed E-state index contributed by atoms with van der Waals surface area (Å²) >= 11 is 6.08. The Kier molecular flexibility index (Phi) is 6.85. The minimum atomic E-state index is -2.86. The molecule has 92 valence electrons. The van der Waals surface area contributed by atoms with Gasteiger partial charge < -0.3 is 0 Å². The number of rotatable bonds is 7. The molecule has 0 fully saturated rings. The van der Waals surface area contributed by atoms with Crippen molar-refractivity contribution in [1.82, 2.24) is 0 Å². The SMILES string of the molecule is CC(C)C(Cl)CCCCS(=O)(=O)C(C)C. The number of sulfone groups is 1. The predicted octanol–water partition coefficient (Wildman–Crippen LogP) is 3.24. The summed E-state index contributed by atoms with van der Waals surface area (Å²) in [4.78, 5) is 0. The first-order valence-electron chi connectivity index (χ1n) is 5.63. The van der Waals surface area contributed by atoms with Crippen molar-refractivity contribution in [3.05, 3.63) is 0 Å². The highest BCUT2D eigenvalue weighted by Gasteiger charge is 2.16. The van der Waals surface area contributed by atoms with Crippen LogP contribution >= 0.6 is 11.6 Å². The zero-order valence-corrected chi connectivity index (χ0v) is 11.7. The van der Waals surface area contributed by atoms with E-state index in [-0.39, 0.29) is 10.6 Å². The first-order chi connectivity index (χ1) is 6.77.